The number of hydrogen-bond donors (Lipinski definition) is 1. The Bertz CT molecular complexity index is 203. The van der Waals surface area contributed by atoms with Gasteiger partial charge in [-0.25, -0.2) is 4.79 Å². The molecule has 0 aromatic carbocycles. The van der Waals surface area contributed by atoms with Crippen molar-refractivity contribution in [2.45, 2.75) is 38.6 Å². The summed E-state index contributed by atoms with van der Waals surface area (Å²) in [6, 6.07) is -0.399. The fourth-order valence-corrected chi connectivity index (χ4v) is 1.21. The zero-order valence-corrected chi connectivity index (χ0v) is 7.84. The lowest BCUT2D eigenvalue weighted by molar-refractivity contribution is -0.146. The molecule has 1 aliphatic rings. The lowest BCUT2D eigenvalue weighted by atomic mass is 10.2. The van der Waals surface area contributed by atoms with E-state index in [1.807, 2.05) is 6.92 Å². The van der Waals surface area contributed by atoms with Gasteiger partial charge in [0.05, 0.1) is 6.61 Å². The van der Waals surface area contributed by atoms with Crippen molar-refractivity contribution in [1.82, 2.24) is 5.32 Å². The molecule has 1 rings (SSSR count). The zero-order chi connectivity index (χ0) is 9.68. The van der Waals surface area contributed by atoms with Gasteiger partial charge >= 0.3 is 5.97 Å². The van der Waals surface area contributed by atoms with Gasteiger partial charge in [-0.15, -0.1) is 0 Å². The molecule has 4 nitrogen and oxygen atoms in total. The van der Waals surface area contributed by atoms with Crippen molar-refractivity contribution in [2.75, 3.05) is 6.61 Å². The molecule has 1 saturated heterocycles. The number of unbranched alkanes of at least 4 members (excludes halogenated alkanes) is 1. The average molecular weight is 185 g/mol. The van der Waals surface area contributed by atoms with Crippen LogP contribution >= 0.6 is 0 Å². The third-order valence-corrected chi connectivity index (χ3v) is 2.02. The molecule has 0 spiro atoms. The number of esters is 1. The van der Waals surface area contributed by atoms with Crippen LogP contribution in [-0.4, -0.2) is 24.5 Å². The maximum absolute atomic E-state index is 11.2. The molecule has 0 bridgehead atoms. The lowest BCUT2D eigenvalue weighted by Crippen LogP contribution is -2.34. The third-order valence-electron chi connectivity index (χ3n) is 2.02. The number of ether oxygens (including phenoxy) is 1. The Kier molecular flexibility index (Phi) is 3.73. The monoisotopic (exact) mass is 185 g/mol. The minimum atomic E-state index is -0.399. The molecule has 0 aromatic heterocycles. The largest absolute Gasteiger partial charge is 0.464 e. The van der Waals surface area contributed by atoms with E-state index in [-0.39, 0.29) is 11.9 Å². The van der Waals surface area contributed by atoms with Crippen LogP contribution in [0.15, 0.2) is 0 Å². The van der Waals surface area contributed by atoms with Gasteiger partial charge in [0.2, 0.25) is 5.91 Å². The first-order chi connectivity index (χ1) is 6.24. The van der Waals surface area contributed by atoms with Gasteiger partial charge in [0.25, 0.3) is 0 Å². The SMILES string of the molecule is CCCCOC(=O)C1CCC(=O)N1. The van der Waals surface area contributed by atoms with Gasteiger partial charge in [0.1, 0.15) is 6.04 Å². The summed E-state index contributed by atoms with van der Waals surface area (Å²) in [4.78, 5) is 22.0. The van der Waals surface area contributed by atoms with Gasteiger partial charge in [-0.2, -0.15) is 0 Å². The second-order valence-corrected chi connectivity index (χ2v) is 3.18. The van der Waals surface area contributed by atoms with Crippen LogP contribution < -0.4 is 5.32 Å². The Morgan fingerprint density at radius 2 is 2.46 bits per heavy atom. The number of hydrogen-bond acceptors (Lipinski definition) is 3. The predicted octanol–water partition coefficient (Wildman–Crippen LogP) is 0.608. The highest BCUT2D eigenvalue weighted by Gasteiger charge is 2.28. The summed E-state index contributed by atoms with van der Waals surface area (Å²) >= 11 is 0. The molecular formula is C9H15NO3. The molecule has 1 aliphatic heterocycles. The Labute approximate surface area is 77.6 Å². The van der Waals surface area contributed by atoms with Crippen LogP contribution in [0.1, 0.15) is 32.6 Å². The van der Waals surface area contributed by atoms with Gasteiger partial charge in [0, 0.05) is 6.42 Å². The first-order valence-corrected chi connectivity index (χ1v) is 4.70. The molecule has 1 amide bonds. The van der Waals surface area contributed by atoms with Crippen molar-refractivity contribution in [3.05, 3.63) is 0 Å². The molecular weight excluding hydrogens is 170 g/mol. The van der Waals surface area contributed by atoms with Crippen LogP contribution in [-0.2, 0) is 14.3 Å². The Hall–Kier alpha value is -1.06. The molecule has 1 atom stereocenters. The first-order valence-electron chi connectivity index (χ1n) is 4.70. The quantitative estimate of drug-likeness (QED) is 0.515. The first kappa shape index (κ1) is 10.0. The van der Waals surface area contributed by atoms with Crippen molar-refractivity contribution in [1.29, 1.82) is 0 Å². The molecule has 1 unspecified atom stereocenters. The Morgan fingerprint density at radius 1 is 1.69 bits per heavy atom. The van der Waals surface area contributed by atoms with Gasteiger partial charge in [-0.05, 0) is 12.8 Å². The summed E-state index contributed by atoms with van der Waals surface area (Å²) < 4.78 is 4.96. The minimum Gasteiger partial charge on any atom is -0.464 e. The highest BCUT2D eigenvalue weighted by Crippen LogP contribution is 2.08. The molecule has 0 aromatic rings. The second kappa shape index (κ2) is 4.84. The second-order valence-electron chi connectivity index (χ2n) is 3.18. The molecule has 1 heterocycles. The summed E-state index contributed by atoms with van der Waals surface area (Å²) in [5, 5.41) is 2.57. The summed E-state index contributed by atoms with van der Waals surface area (Å²) in [6.07, 6.45) is 2.90. The average Bonchev–Trinajstić information content (AvgIpc) is 2.52. The number of nitrogens with one attached hydrogen (secondary N) is 1. The molecule has 0 saturated carbocycles. The van der Waals surface area contributed by atoms with Crippen LogP contribution in [0, 0.1) is 0 Å². The van der Waals surface area contributed by atoms with Crippen LogP contribution in [0.2, 0.25) is 0 Å². The topological polar surface area (TPSA) is 55.4 Å². The summed E-state index contributed by atoms with van der Waals surface area (Å²) in [5.74, 6) is -0.350. The van der Waals surface area contributed by atoms with Crippen molar-refractivity contribution < 1.29 is 14.3 Å². The Morgan fingerprint density at radius 3 is 3.00 bits per heavy atom. The van der Waals surface area contributed by atoms with Gasteiger partial charge in [0.15, 0.2) is 0 Å². The van der Waals surface area contributed by atoms with E-state index in [1.54, 1.807) is 0 Å². The normalized spacial score (nSPS) is 21.3. The van der Waals surface area contributed by atoms with Crippen molar-refractivity contribution in [3.8, 4) is 0 Å². The van der Waals surface area contributed by atoms with Crippen LogP contribution in [0.3, 0.4) is 0 Å². The number of amides is 1. The molecule has 4 heteroatoms. The standard InChI is InChI=1S/C9H15NO3/c1-2-3-6-13-9(12)7-4-5-8(11)10-7/h7H,2-6H2,1H3,(H,10,11). The molecule has 13 heavy (non-hydrogen) atoms. The molecule has 0 aliphatic carbocycles. The molecule has 74 valence electrons. The van der Waals surface area contributed by atoms with Gasteiger partial charge < -0.3 is 10.1 Å². The van der Waals surface area contributed by atoms with Crippen molar-refractivity contribution >= 4 is 11.9 Å². The van der Waals surface area contributed by atoms with E-state index in [4.69, 9.17) is 4.74 Å². The minimum absolute atomic E-state index is 0.0579. The molecule has 0 radical (unpaired) electrons. The van der Waals surface area contributed by atoms with Crippen LogP contribution in [0.4, 0.5) is 0 Å². The number of rotatable bonds is 4. The van der Waals surface area contributed by atoms with Crippen LogP contribution in [0.25, 0.3) is 0 Å². The van der Waals surface area contributed by atoms with E-state index < -0.39 is 6.04 Å². The number of carbonyl (C=O) groups excluding carboxylic acids is 2. The lowest BCUT2D eigenvalue weighted by Gasteiger charge is -2.09. The Balaban J connectivity index is 2.20. The number of carbonyl (C=O) groups is 2. The molecule has 1 N–H and O–H groups in total. The van der Waals surface area contributed by atoms with E-state index in [9.17, 15) is 9.59 Å². The fraction of sp³-hybridized carbons (Fsp3) is 0.778. The van der Waals surface area contributed by atoms with E-state index in [2.05, 4.69) is 5.32 Å². The van der Waals surface area contributed by atoms with Crippen molar-refractivity contribution in [2.24, 2.45) is 0 Å². The zero-order valence-electron chi connectivity index (χ0n) is 7.84. The summed E-state index contributed by atoms with van der Waals surface area (Å²) in [7, 11) is 0. The van der Waals surface area contributed by atoms with E-state index in [0.29, 0.717) is 19.4 Å². The van der Waals surface area contributed by atoms with Gasteiger partial charge in [-0.3, -0.25) is 4.79 Å². The highest BCUT2D eigenvalue weighted by atomic mass is 16.5. The third kappa shape index (κ3) is 3.05. The highest BCUT2D eigenvalue weighted by molar-refractivity contribution is 5.87. The molecule has 1 fully saturated rings. The van der Waals surface area contributed by atoms with E-state index in [1.165, 1.54) is 0 Å². The smallest absolute Gasteiger partial charge is 0.328 e. The fourth-order valence-electron chi connectivity index (χ4n) is 1.21. The van der Waals surface area contributed by atoms with Gasteiger partial charge in [-0.1, -0.05) is 13.3 Å². The van der Waals surface area contributed by atoms with Crippen molar-refractivity contribution in [3.63, 3.8) is 0 Å². The predicted molar refractivity (Wildman–Crippen MR) is 47.0 cm³/mol. The maximum atomic E-state index is 11.2. The summed E-state index contributed by atoms with van der Waals surface area (Å²) in [6.45, 7) is 2.49. The maximum Gasteiger partial charge on any atom is 0.328 e. The van der Waals surface area contributed by atoms with Crippen LogP contribution in [0.5, 0.6) is 0 Å². The van der Waals surface area contributed by atoms with E-state index in [0.717, 1.165) is 12.8 Å². The van der Waals surface area contributed by atoms with E-state index >= 15 is 0 Å². The summed E-state index contributed by atoms with van der Waals surface area (Å²) in [5.41, 5.74) is 0.